The lowest BCUT2D eigenvalue weighted by Crippen LogP contribution is -2.60. The van der Waals surface area contributed by atoms with Crippen LogP contribution in [-0.2, 0) is 38.3 Å². The number of aliphatic hydroxyl groups excluding tert-OH is 3. The molecule has 13 heteroatoms. The fourth-order valence-electron chi connectivity index (χ4n) is 9.91. The Bertz CT molecular complexity index is 1240. The van der Waals surface area contributed by atoms with Gasteiger partial charge >= 0.3 is 16.4 Å². The van der Waals surface area contributed by atoms with E-state index in [0.717, 1.165) is 38.5 Å². The summed E-state index contributed by atoms with van der Waals surface area (Å²) >= 11 is 0. The van der Waals surface area contributed by atoms with Gasteiger partial charge in [-0.2, -0.15) is 8.42 Å². The Hall–Kier alpha value is -0.900. The molecule has 0 amide bonds. The number of hydrogen-bond acceptors (Lipinski definition) is 11. The van der Waals surface area contributed by atoms with Crippen LogP contribution >= 0.6 is 0 Å². The van der Waals surface area contributed by atoms with E-state index in [4.69, 9.17) is 18.9 Å². The summed E-state index contributed by atoms with van der Waals surface area (Å²) in [6.45, 7) is 4.09. The molecule has 0 bridgehead atoms. The van der Waals surface area contributed by atoms with Crippen molar-refractivity contribution in [1.29, 1.82) is 0 Å². The van der Waals surface area contributed by atoms with E-state index < -0.39 is 53.8 Å². The SMILES string of the molecule is CCCCCCCCCCCCCCCCCCCCCCCCCCOCC(COC1OC(CO)C(O)C(OS(=O)(=O)O)C1O)OC(=O)CCCCCCCCCCCCCCCCCCCCCC. The van der Waals surface area contributed by atoms with E-state index in [1.807, 2.05) is 0 Å². The van der Waals surface area contributed by atoms with Crippen LogP contribution in [-0.4, -0.2) is 97.5 Å². The molecule has 0 aromatic rings. The van der Waals surface area contributed by atoms with Crippen LogP contribution in [0.25, 0.3) is 0 Å². The molecule has 1 aliphatic heterocycles. The maximum atomic E-state index is 13.0. The number of esters is 1. The Morgan fingerprint density at radius 3 is 1.13 bits per heavy atom. The van der Waals surface area contributed by atoms with Crippen molar-refractivity contribution in [2.75, 3.05) is 26.4 Å². The van der Waals surface area contributed by atoms with Crippen molar-refractivity contribution in [3.05, 3.63) is 0 Å². The van der Waals surface area contributed by atoms with Gasteiger partial charge in [-0.05, 0) is 12.8 Å². The first-order valence-corrected chi connectivity index (χ1v) is 31.7. The minimum atomic E-state index is -5.06. The van der Waals surface area contributed by atoms with Gasteiger partial charge in [0.15, 0.2) is 6.29 Å². The molecule has 1 saturated heterocycles. The normalized spacial score (nSPS) is 18.9. The van der Waals surface area contributed by atoms with Crippen LogP contribution < -0.4 is 0 Å². The van der Waals surface area contributed by atoms with Crippen LogP contribution in [0.15, 0.2) is 0 Å². The zero-order valence-electron chi connectivity index (χ0n) is 46.1. The predicted molar refractivity (Wildman–Crippen MR) is 290 cm³/mol. The number of aliphatic hydroxyl groups is 3. The second kappa shape index (κ2) is 49.9. The topological polar surface area (TPSA) is 178 Å². The van der Waals surface area contributed by atoms with E-state index in [1.54, 1.807) is 0 Å². The third kappa shape index (κ3) is 43.0. The van der Waals surface area contributed by atoms with E-state index in [9.17, 15) is 33.1 Å². The highest BCUT2D eigenvalue weighted by atomic mass is 32.3. The first-order valence-electron chi connectivity index (χ1n) is 30.3. The Morgan fingerprint density at radius 2 is 0.803 bits per heavy atom. The van der Waals surface area contributed by atoms with Gasteiger partial charge in [0, 0.05) is 13.0 Å². The molecule has 0 saturated carbocycles. The summed E-state index contributed by atoms with van der Waals surface area (Å²) in [4.78, 5) is 13.0. The van der Waals surface area contributed by atoms with E-state index in [2.05, 4.69) is 18.0 Å². The van der Waals surface area contributed by atoms with Crippen molar-refractivity contribution in [2.24, 2.45) is 0 Å². The summed E-state index contributed by atoms with van der Waals surface area (Å²) in [6, 6.07) is 0. The average Bonchev–Trinajstić information content (AvgIpc) is 3.35. The van der Waals surface area contributed by atoms with Crippen LogP contribution in [0.1, 0.15) is 303 Å². The molecule has 12 nitrogen and oxygen atoms in total. The van der Waals surface area contributed by atoms with Gasteiger partial charge in [-0.3, -0.25) is 9.35 Å². The average molecular weight is 1040 g/mol. The van der Waals surface area contributed by atoms with E-state index >= 15 is 0 Å². The highest BCUT2D eigenvalue weighted by molar-refractivity contribution is 7.80. The van der Waals surface area contributed by atoms with Crippen LogP contribution in [0.4, 0.5) is 0 Å². The maximum Gasteiger partial charge on any atom is 0.397 e. The summed E-state index contributed by atoms with van der Waals surface area (Å²) in [5.41, 5.74) is 0. The molecular formula is C58H114O12S. The fraction of sp³-hybridized carbons (Fsp3) is 0.983. The second-order valence-corrected chi connectivity index (χ2v) is 22.4. The lowest BCUT2D eigenvalue weighted by Gasteiger charge is -2.41. The van der Waals surface area contributed by atoms with Crippen LogP contribution in [0.3, 0.4) is 0 Å². The van der Waals surface area contributed by atoms with Crippen LogP contribution in [0.2, 0.25) is 0 Å². The summed E-state index contributed by atoms with van der Waals surface area (Å²) in [5.74, 6) is -0.388. The molecule has 424 valence electrons. The fourth-order valence-corrected chi connectivity index (χ4v) is 10.4. The second-order valence-electron chi connectivity index (χ2n) is 21.3. The molecule has 4 N–H and O–H groups in total. The minimum Gasteiger partial charge on any atom is -0.457 e. The van der Waals surface area contributed by atoms with Crippen molar-refractivity contribution in [1.82, 2.24) is 0 Å². The maximum absolute atomic E-state index is 13.0. The van der Waals surface area contributed by atoms with Gasteiger partial charge in [-0.15, -0.1) is 0 Å². The van der Waals surface area contributed by atoms with E-state index in [-0.39, 0.29) is 25.6 Å². The quantitative estimate of drug-likeness (QED) is 0.0258. The van der Waals surface area contributed by atoms with E-state index in [0.29, 0.717) is 13.0 Å². The highest BCUT2D eigenvalue weighted by Gasteiger charge is 2.48. The first-order chi connectivity index (χ1) is 34.6. The Balaban J connectivity index is 2.25. The van der Waals surface area contributed by atoms with Gasteiger partial charge < -0.3 is 34.3 Å². The van der Waals surface area contributed by atoms with Gasteiger partial charge in [-0.1, -0.05) is 284 Å². The lowest BCUT2D eigenvalue weighted by molar-refractivity contribution is -0.301. The van der Waals surface area contributed by atoms with Gasteiger partial charge in [0.05, 0.1) is 19.8 Å². The van der Waals surface area contributed by atoms with Gasteiger partial charge in [0.1, 0.15) is 30.5 Å². The van der Waals surface area contributed by atoms with Crippen molar-refractivity contribution in [2.45, 2.75) is 340 Å². The largest absolute Gasteiger partial charge is 0.457 e. The number of unbranched alkanes of at least 4 members (excludes halogenated alkanes) is 42. The van der Waals surface area contributed by atoms with Crippen molar-refractivity contribution in [3.8, 4) is 0 Å². The molecule has 1 heterocycles. The van der Waals surface area contributed by atoms with Crippen molar-refractivity contribution in [3.63, 3.8) is 0 Å². The van der Waals surface area contributed by atoms with Crippen LogP contribution in [0.5, 0.6) is 0 Å². The summed E-state index contributed by atoms with van der Waals surface area (Å²) in [5, 5.41) is 30.9. The zero-order chi connectivity index (χ0) is 51.7. The molecule has 71 heavy (non-hydrogen) atoms. The number of hydrogen-bond donors (Lipinski definition) is 4. The number of carbonyl (C=O) groups excluding carboxylic acids is 1. The number of carbonyl (C=O) groups is 1. The molecule has 0 radical (unpaired) electrons. The monoisotopic (exact) mass is 1030 g/mol. The number of ether oxygens (including phenoxy) is 4. The Labute approximate surface area is 436 Å². The molecule has 0 spiro atoms. The molecule has 0 aliphatic carbocycles. The van der Waals surface area contributed by atoms with Crippen molar-refractivity contribution < 1.29 is 56.2 Å². The predicted octanol–water partition coefficient (Wildman–Crippen LogP) is 15.2. The molecule has 6 unspecified atom stereocenters. The molecule has 1 aliphatic rings. The summed E-state index contributed by atoms with van der Waals surface area (Å²) < 4.78 is 59.5. The molecule has 6 atom stereocenters. The summed E-state index contributed by atoms with van der Waals surface area (Å²) in [7, 11) is -5.06. The minimum absolute atomic E-state index is 0.0458. The smallest absolute Gasteiger partial charge is 0.397 e. The first kappa shape index (κ1) is 68.1. The lowest BCUT2D eigenvalue weighted by atomic mass is 9.99. The molecule has 0 aromatic carbocycles. The standard InChI is InChI=1S/C58H114O12S/c1-3-5-7-9-11-13-15-17-19-21-23-25-26-27-28-30-32-34-36-38-40-42-44-46-48-66-50-52(51-67-58-56(62)57(70-71(63,64)65)55(61)53(49-59)69-58)68-54(60)47-45-43-41-39-37-35-33-31-29-24-22-20-18-16-14-12-10-8-6-4-2/h52-53,55-59,61-62H,3-51H2,1-2H3,(H,63,64,65). The van der Waals surface area contributed by atoms with Crippen molar-refractivity contribution >= 4 is 16.4 Å². The van der Waals surface area contributed by atoms with Gasteiger partial charge in [0.2, 0.25) is 0 Å². The molecule has 1 fully saturated rings. The zero-order valence-corrected chi connectivity index (χ0v) is 46.9. The summed E-state index contributed by atoms with van der Waals surface area (Å²) in [6.07, 6.45) is 48.6. The molecule has 1 rings (SSSR count). The third-order valence-corrected chi connectivity index (χ3v) is 14.9. The number of rotatable bonds is 55. The third-order valence-electron chi connectivity index (χ3n) is 14.5. The van der Waals surface area contributed by atoms with Crippen LogP contribution in [0, 0.1) is 0 Å². The molecule has 0 aromatic heterocycles. The Kier molecular flexibility index (Phi) is 47.9. The van der Waals surface area contributed by atoms with Gasteiger partial charge in [0.25, 0.3) is 0 Å². The van der Waals surface area contributed by atoms with Gasteiger partial charge in [-0.25, -0.2) is 4.18 Å². The highest BCUT2D eigenvalue weighted by Crippen LogP contribution is 2.26. The Morgan fingerprint density at radius 1 is 0.479 bits per heavy atom. The molecular weight excluding hydrogens is 921 g/mol. The van der Waals surface area contributed by atoms with E-state index in [1.165, 1.54) is 238 Å².